The quantitative estimate of drug-likeness (QED) is 0.668. The number of thiazole rings is 1. The summed E-state index contributed by atoms with van der Waals surface area (Å²) in [6, 6.07) is 14.9. The second-order valence-corrected chi connectivity index (χ2v) is 6.55. The summed E-state index contributed by atoms with van der Waals surface area (Å²) in [5, 5.41) is 8.85. The van der Waals surface area contributed by atoms with Crippen molar-refractivity contribution in [3.63, 3.8) is 0 Å². The molecule has 0 fully saturated rings. The van der Waals surface area contributed by atoms with Gasteiger partial charge in [0, 0.05) is 12.1 Å². The van der Waals surface area contributed by atoms with E-state index in [-0.39, 0.29) is 5.91 Å². The summed E-state index contributed by atoms with van der Waals surface area (Å²) < 4.78 is 3.10. The van der Waals surface area contributed by atoms with Gasteiger partial charge in [0.2, 0.25) is 0 Å². The first-order valence-electron chi connectivity index (χ1n) is 7.98. The van der Waals surface area contributed by atoms with Crippen LogP contribution in [0.3, 0.4) is 0 Å². The molecular weight excluding hydrogens is 330 g/mol. The molecule has 0 saturated carbocycles. The average molecular weight is 347 g/mol. The first-order valence-corrected chi connectivity index (χ1v) is 8.80. The Kier molecular flexibility index (Phi) is 4.92. The van der Waals surface area contributed by atoms with Gasteiger partial charge in [0.15, 0.2) is 4.80 Å². The Labute approximate surface area is 150 Å². The predicted molar refractivity (Wildman–Crippen MR) is 100 cm³/mol. The van der Waals surface area contributed by atoms with E-state index in [0.29, 0.717) is 22.5 Å². The summed E-state index contributed by atoms with van der Waals surface area (Å²) in [4.78, 5) is 17.4. The summed E-state index contributed by atoms with van der Waals surface area (Å²) in [5.41, 5.74) is 3.29. The number of fused-ring (bicyclic) bond motifs is 1. The molecule has 2 aromatic carbocycles. The fourth-order valence-electron chi connectivity index (χ4n) is 2.57. The molecule has 0 N–H and O–H groups in total. The number of carbonyl (C=O) groups is 1. The minimum atomic E-state index is -0.315. The molecule has 3 aromatic rings. The number of carbonyl (C=O) groups excluding carboxylic acids is 1. The maximum absolute atomic E-state index is 12.5. The minimum absolute atomic E-state index is 0.315. The van der Waals surface area contributed by atoms with E-state index >= 15 is 0 Å². The highest BCUT2D eigenvalue weighted by molar-refractivity contribution is 7.16. The van der Waals surface area contributed by atoms with Crippen molar-refractivity contribution in [1.82, 2.24) is 4.57 Å². The first-order chi connectivity index (χ1) is 12.2. The van der Waals surface area contributed by atoms with Gasteiger partial charge >= 0.3 is 0 Å². The van der Waals surface area contributed by atoms with Crippen molar-refractivity contribution < 1.29 is 4.79 Å². The van der Waals surface area contributed by atoms with Gasteiger partial charge in [-0.2, -0.15) is 10.3 Å². The normalized spacial score (nSPS) is 11.4. The highest BCUT2D eigenvalue weighted by Crippen LogP contribution is 2.20. The van der Waals surface area contributed by atoms with Crippen LogP contribution in [0.5, 0.6) is 0 Å². The second kappa shape index (κ2) is 7.29. The largest absolute Gasteiger partial charge is 0.312 e. The van der Waals surface area contributed by atoms with E-state index in [0.717, 1.165) is 16.6 Å². The molecule has 0 aliphatic rings. The third-order valence-corrected chi connectivity index (χ3v) is 4.97. The van der Waals surface area contributed by atoms with E-state index in [9.17, 15) is 4.79 Å². The number of amides is 1. The van der Waals surface area contributed by atoms with Crippen LogP contribution in [0.1, 0.15) is 28.4 Å². The fraction of sp³-hybridized carbons (Fsp3) is 0.150. The number of nitriles is 1. The molecule has 5 heteroatoms. The number of rotatable bonds is 4. The summed E-state index contributed by atoms with van der Waals surface area (Å²) in [6.07, 6.45) is 2.76. The molecule has 0 radical (unpaired) electrons. The number of aryl methyl sites for hydroxylation is 1. The molecule has 0 unspecified atom stereocenters. The zero-order chi connectivity index (χ0) is 17.8. The van der Waals surface area contributed by atoms with Gasteiger partial charge in [0.05, 0.1) is 21.8 Å². The van der Waals surface area contributed by atoms with Crippen LogP contribution in [0.15, 0.2) is 60.1 Å². The molecular formula is C20H17N3OS. The summed E-state index contributed by atoms with van der Waals surface area (Å²) in [6.45, 7) is 6.51. The number of hydrogen-bond donors (Lipinski definition) is 0. The zero-order valence-corrected chi connectivity index (χ0v) is 14.7. The molecule has 25 heavy (non-hydrogen) atoms. The van der Waals surface area contributed by atoms with E-state index in [4.69, 9.17) is 5.26 Å². The van der Waals surface area contributed by atoms with Gasteiger partial charge in [0.1, 0.15) is 0 Å². The zero-order valence-electron chi connectivity index (χ0n) is 13.9. The molecule has 4 nitrogen and oxygen atoms in total. The maximum Gasteiger partial charge on any atom is 0.279 e. The van der Waals surface area contributed by atoms with E-state index in [1.807, 2.05) is 10.6 Å². The van der Waals surface area contributed by atoms with Crippen molar-refractivity contribution >= 4 is 27.5 Å². The number of benzene rings is 2. The molecule has 0 saturated heterocycles. The highest BCUT2D eigenvalue weighted by Gasteiger charge is 2.09. The topological polar surface area (TPSA) is 58.1 Å². The Morgan fingerprint density at radius 1 is 1.32 bits per heavy atom. The maximum atomic E-state index is 12.5. The molecule has 1 aromatic heterocycles. The van der Waals surface area contributed by atoms with Crippen molar-refractivity contribution in [2.24, 2.45) is 4.99 Å². The fourth-order valence-corrected chi connectivity index (χ4v) is 3.67. The lowest BCUT2D eigenvalue weighted by molar-refractivity contribution is 0.0998. The number of nitrogens with zero attached hydrogens (tertiary/aromatic N) is 3. The molecule has 1 heterocycles. The number of hydrogen-bond acceptors (Lipinski definition) is 3. The van der Waals surface area contributed by atoms with Crippen molar-refractivity contribution in [3.8, 4) is 6.07 Å². The van der Waals surface area contributed by atoms with Gasteiger partial charge < -0.3 is 4.57 Å². The molecule has 1 amide bonds. The Hall–Kier alpha value is -2.97. The van der Waals surface area contributed by atoms with Crippen molar-refractivity contribution in [2.45, 2.75) is 19.9 Å². The summed E-state index contributed by atoms with van der Waals surface area (Å²) in [5.74, 6) is -0.315. The van der Waals surface area contributed by atoms with Crippen LogP contribution >= 0.6 is 11.3 Å². The Morgan fingerprint density at radius 2 is 2.08 bits per heavy atom. The van der Waals surface area contributed by atoms with Gasteiger partial charge in [-0.05, 0) is 48.4 Å². The van der Waals surface area contributed by atoms with E-state index < -0.39 is 0 Å². The van der Waals surface area contributed by atoms with Crippen LogP contribution in [0, 0.1) is 11.3 Å². The van der Waals surface area contributed by atoms with Crippen molar-refractivity contribution in [2.75, 3.05) is 0 Å². The number of aromatic nitrogens is 1. The Morgan fingerprint density at radius 3 is 2.72 bits per heavy atom. The van der Waals surface area contributed by atoms with Crippen molar-refractivity contribution in [3.05, 3.63) is 76.6 Å². The Bertz CT molecular complexity index is 1050. The van der Waals surface area contributed by atoms with Crippen LogP contribution in [-0.4, -0.2) is 10.5 Å². The number of allylic oxidation sites excluding steroid dienone is 1. The van der Waals surface area contributed by atoms with Crippen LogP contribution in [0.25, 0.3) is 10.2 Å². The molecule has 0 aliphatic heterocycles. The van der Waals surface area contributed by atoms with Gasteiger partial charge in [-0.3, -0.25) is 4.79 Å². The molecule has 0 aliphatic carbocycles. The molecule has 0 bridgehead atoms. The lowest BCUT2D eigenvalue weighted by atomic mass is 10.1. The lowest BCUT2D eigenvalue weighted by Gasteiger charge is -2.02. The monoisotopic (exact) mass is 347 g/mol. The van der Waals surface area contributed by atoms with Crippen LogP contribution in [0.4, 0.5) is 0 Å². The summed E-state index contributed by atoms with van der Waals surface area (Å²) in [7, 11) is 0. The summed E-state index contributed by atoms with van der Waals surface area (Å²) >= 11 is 1.50. The Balaban J connectivity index is 2.10. The standard InChI is InChI=1S/C20H17N3OS/c1-3-11-23-17-10-7-14(4-2)12-18(17)25-20(23)22-19(24)16-8-5-15(13-21)6-9-16/h3,5-10,12H,1,4,11H2,2H3. The van der Waals surface area contributed by atoms with Crippen LogP contribution < -0.4 is 4.80 Å². The third-order valence-electron chi connectivity index (χ3n) is 3.93. The molecule has 0 spiro atoms. The van der Waals surface area contributed by atoms with Gasteiger partial charge in [-0.15, -0.1) is 6.58 Å². The smallest absolute Gasteiger partial charge is 0.279 e. The molecule has 124 valence electrons. The lowest BCUT2D eigenvalue weighted by Crippen LogP contribution is -2.16. The van der Waals surface area contributed by atoms with Crippen molar-refractivity contribution in [1.29, 1.82) is 5.26 Å². The predicted octanol–water partition coefficient (Wildman–Crippen LogP) is 4.06. The third kappa shape index (κ3) is 3.44. The average Bonchev–Trinajstić information content (AvgIpc) is 2.98. The second-order valence-electron chi connectivity index (χ2n) is 5.55. The first kappa shape index (κ1) is 16.9. The van der Waals surface area contributed by atoms with Crippen LogP contribution in [-0.2, 0) is 13.0 Å². The SMILES string of the molecule is C=CCn1c(=NC(=O)c2ccc(C#N)cc2)sc2cc(CC)ccc21. The van der Waals surface area contributed by atoms with Gasteiger partial charge in [-0.25, -0.2) is 0 Å². The van der Waals surface area contributed by atoms with E-state index in [1.165, 1.54) is 16.9 Å². The minimum Gasteiger partial charge on any atom is -0.312 e. The van der Waals surface area contributed by atoms with Crippen LogP contribution in [0.2, 0.25) is 0 Å². The molecule has 0 atom stereocenters. The molecule has 3 rings (SSSR count). The van der Waals surface area contributed by atoms with Gasteiger partial charge in [-0.1, -0.05) is 30.4 Å². The van der Waals surface area contributed by atoms with E-state index in [2.05, 4.69) is 36.7 Å². The van der Waals surface area contributed by atoms with Gasteiger partial charge in [0.25, 0.3) is 5.91 Å². The van der Waals surface area contributed by atoms with E-state index in [1.54, 1.807) is 30.3 Å². The highest BCUT2D eigenvalue weighted by atomic mass is 32.1.